The number of hydrogen-bond acceptors (Lipinski definition) is 4. The fourth-order valence-electron chi connectivity index (χ4n) is 3.19. The first kappa shape index (κ1) is 22.4. The molecule has 0 spiro atoms. The van der Waals surface area contributed by atoms with Crippen LogP contribution >= 0.6 is 0 Å². The molecule has 0 radical (unpaired) electrons. The summed E-state index contributed by atoms with van der Waals surface area (Å²) < 4.78 is 10.6. The quantitative estimate of drug-likeness (QED) is 0.454. The van der Waals surface area contributed by atoms with Crippen LogP contribution in [0.1, 0.15) is 48.9 Å². The van der Waals surface area contributed by atoms with E-state index in [9.17, 15) is 9.59 Å². The molecule has 4 heteroatoms. The summed E-state index contributed by atoms with van der Waals surface area (Å²) in [6, 6.07) is 15.9. The van der Waals surface area contributed by atoms with Gasteiger partial charge in [0.05, 0.1) is 13.2 Å². The number of carbonyl (C=O) groups is 2. The molecule has 4 nitrogen and oxygen atoms in total. The van der Waals surface area contributed by atoms with E-state index in [-0.39, 0.29) is 13.2 Å². The molecule has 2 rings (SSSR count). The summed E-state index contributed by atoms with van der Waals surface area (Å²) in [5.74, 6) is -1.71. The van der Waals surface area contributed by atoms with Crippen molar-refractivity contribution < 1.29 is 19.1 Å². The van der Waals surface area contributed by atoms with E-state index in [4.69, 9.17) is 9.47 Å². The van der Waals surface area contributed by atoms with E-state index in [2.05, 4.69) is 0 Å². The number of ether oxygens (including phenoxy) is 2. The van der Waals surface area contributed by atoms with Crippen molar-refractivity contribution in [3.8, 4) is 0 Å². The predicted octanol–water partition coefficient (Wildman–Crippen LogP) is 5.23. The third-order valence-electron chi connectivity index (χ3n) is 5.02. The van der Waals surface area contributed by atoms with Crippen LogP contribution in [0.4, 0.5) is 0 Å². The molecule has 0 heterocycles. The highest BCUT2D eigenvalue weighted by Gasteiger charge is 2.50. The zero-order valence-corrected chi connectivity index (χ0v) is 17.9. The number of rotatable bonds is 8. The molecule has 29 heavy (non-hydrogen) atoms. The molecule has 1 unspecified atom stereocenters. The molecule has 0 fully saturated rings. The lowest BCUT2D eigenvalue weighted by Gasteiger charge is -2.32. The SMILES string of the molecule is CCOC(=O)C(C)(C(=O)OCC)C(/C=C/c1ccc(C)cc1)c1ccc(C)cc1. The van der Waals surface area contributed by atoms with Crippen molar-refractivity contribution in [3.05, 3.63) is 76.9 Å². The second-order valence-electron chi connectivity index (χ2n) is 7.30. The zero-order chi connectivity index (χ0) is 21.4. The van der Waals surface area contributed by atoms with E-state index >= 15 is 0 Å². The fraction of sp³-hybridized carbons (Fsp3) is 0.360. The average Bonchev–Trinajstić information content (AvgIpc) is 2.70. The first-order valence-corrected chi connectivity index (χ1v) is 9.98. The predicted molar refractivity (Wildman–Crippen MR) is 116 cm³/mol. The third kappa shape index (κ3) is 5.35. The van der Waals surface area contributed by atoms with Crippen molar-refractivity contribution in [1.82, 2.24) is 0 Å². The van der Waals surface area contributed by atoms with Crippen LogP contribution in [0.3, 0.4) is 0 Å². The van der Waals surface area contributed by atoms with Crippen molar-refractivity contribution in [2.75, 3.05) is 13.2 Å². The van der Waals surface area contributed by atoms with Crippen LogP contribution in [0.2, 0.25) is 0 Å². The van der Waals surface area contributed by atoms with Crippen LogP contribution in [-0.4, -0.2) is 25.2 Å². The molecule has 2 aromatic carbocycles. The van der Waals surface area contributed by atoms with E-state index < -0.39 is 23.3 Å². The molecule has 0 saturated heterocycles. The van der Waals surface area contributed by atoms with Gasteiger partial charge in [-0.15, -0.1) is 0 Å². The summed E-state index contributed by atoms with van der Waals surface area (Å²) in [6.07, 6.45) is 3.82. The van der Waals surface area contributed by atoms with Gasteiger partial charge in [-0.05, 0) is 45.7 Å². The smallest absolute Gasteiger partial charge is 0.324 e. The molecule has 0 saturated carbocycles. The van der Waals surface area contributed by atoms with E-state index in [0.717, 1.165) is 16.7 Å². The van der Waals surface area contributed by atoms with E-state index in [1.54, 1.807) is 20.8 Å². The summed E-state index contributed by atoms with van der Waals surface area (Å²) in [7, 11) is 0. The minimum atomic E-state index is -1.50. The molecule has 0 bridgehead atoms. The lowest BCUT2D eigenvalue weighted by molar-refractivity contribution is -0.171. The van der Waals surface area contributed by atoms with Gasteiger partial charge in [0.15, 0.2) is 5.41 Å². The maximum Gasteiger partial charge on any atom is 0.324 e. The van der Waals surface area contributed by atoms with Gasteiger partial charge in [-0.2, -0.15) is 0 Å². The Kier molecular flexibility index (Phi) is 7.77. The van der Waals surface area contributed by atoms with Crippen LogP contribution < -0.4 is 0 Å². The second kappa shape index (κ2) is 10.1. The average molecular weight is 395 g/mol. The van der Waals surface area contributed by atoms with E-state index in [1.165, 1.54) is 5.56 Å². The summed E-state index contributed by atoms with van der Waals surface area (Å²) in [5.41, 5.74) is 2.61. The van der Waals surface area contributed by atoms with Crippen molar-refractivity contribution >= 4 is 18.0 Å². The number of benzene rings is 2. The summed E-state index contributed by atoms with van der Waals surface area (Å²) in [6.45, 7) is 9.47. The molecule has 2 aromatic rings. The molecule has 0 aromatic heterocycles. The second-order valence-corrected chi connectivity index (χ2v) is 7.30. The molecule has 0 N–H and O–H groups in total. The lowest BCUT2D eigenvalue weighted by atomic mass is 9.72. The Labute approximate surface area is 173 Å². The molecule has 0 aliphatic rings. The van der Waals surface area contributed by atoms with Gasteiger partial charge >= 0.3 is 11.9 Å². The van der Waals surface area contributed by atoms with E-state index in [1.807, 2.05) is 74.5 Å². The molecule has 0 aliphatic carbocycles. The first-order valence-electron chi connectivity index (χ1n) is 9.98. The molecular formula is C25H30O4. The Morgan fingerprint density at radius 1 is 0.862 bits per heavy atom. The van der Waals surface area contributed by atoms with Gasteiger partial charge in [0, 0.05) is 5.92 Å². The Morgan fingerprint density at radius 2 is 1.31 bits per heavy atom. The van der Waals surface area contributed by atoms with Crippen molar-refractivity contribution in [2.24, 2.45) is 5.41 Å². The normalized spacial score (nSPS) is 12.6. The van der Waals surface area contributed by atoms with Crippen LogP contribution in [0.5, 0.6) is 0 Å². The third-order valence-corrected chi connectivity index (χ3v) is 5.02. The van der Waals surface area contributed by atoms with Crippen molar-refractivity contribution in [3.63, 3.8) is 0 Å². The highest BCUT2D eigenvalue weighted by atomic mass is 16.6. The van der Waals surface area contributed by atoms with Crippen molar-refractivity contribution in [1.29, 1.82) is 0 Å². The maximum atomic E-state index is 13.0. The zero-order valence-electron chi connectivity index (χ0n) is 17.9. The maximum absolute atomic E-state index is 13.0. The van der Waals surface area contributed by atoms with Gasteiger partial charge in [0.1, 0.15) is 0 Å². The van der Waals surface area contributed by atoms with Crippen LogP contribution in [0, 0.1) is 19.3 Å². The largest absolute Gasteiger partial charge is 0.465 e. The van der Waals surface area contributed by atoms with Gasteiger partial charge in [0.2, 0.25) is 0 Å². The van der Waals surface area contributed by atoms with Crippen LogP contribution in [-0.2, 0) is 19.1 Å². The monoisotopic (exact) mass is 394 g/mol. The molecule has 154 valence electrons. The Morgan fingerprint density at radius 3 is 1.76 bits per heavy atom. The highest BCUT2D eigenvalue weighted by molar-refractivity contribution is 6.01. The first-order chi connectivity index (χ1) is 13.8. The van der Waals surface area contributed by atoms with Crippen LogP contribution in [0.25, 0.3) is 6.08 Å². The minimum absolute atomic E-state index is 0.191. The fourth-order valence-corrected chi connectivity index (χ4v) is 3.19. The molecule has 1 atom stereocenters. The summed E-state index contributed by atoms with van der Waals surface area (Å²) in [4.78, 5) is 25.9. The summed E-state index contributed by atoms with van der Waals surface area (Å²) in [5, 5.41) is 0. The summed E-state index contributed by atoms with van der Waals surface area (Å²) >= 11 is 0. The Balaban J connectivity index is 2.57. The number of hydrogen-bond donors (Lipinski definition) is 0. The van der Waals surface area contributed by atoms with Gasteiger partial charge in [-0.3, -0.25) is 9.59 Å². The molecule has 0 amide bonds. The number of allylic oxidation sites excluding steroid dienone is 1. The highest BCUT2D eigenvalue weighted by Crippen LogP contribution is 2.40. The molecular weight excluding hydrogens is 364 g/mol. The number of esters is 2. The Bertz CT molecular complexity index is 829. The van der Waals surface area contributed by atoms with Gasteiger partial charge < -0.3 is 9.47 Å². The molecule has 0 aliphatic heterocycles. The lowest BCUT2D eigenvalue weighted by Crippen LogP contribution is -2.44. The minimum Gasteiger partial charge on any atom is -0.465 e. The van der Waals surface area contributed by atoms with Crippen molar-refractivity contribution in [2.45, 2.75) is 40.5 Å². The van der Waals surface area contributed by atoms with Crippen LogP contribution in [0.15, 0.2) is 54.6 Å². The standard InChI is InChI=1S/C25H30O4/c1-6-28-23(26)25(5,24(27)29-7-2)22(21-15-10-19(4)11-16-21)17-14-20-12-8-18(3)9-13-20/h8-17,22H,6-7H2,1-5H3/b17-14+. The van der Waals surface area contributed by atoms with E-state index in [0.29, 0.717) is 0 Å². The van der Waals surface area contributed by atoms with Gasteiger partial charge in [0.25, 0.3) is 0 Å². The Hall–Kier alpha value is -2.88. The van der Waals surface area contributed by atoms with Gasteiger partial charge in [-0.25, -0.2) is 0 Å². The van der Waals surface area contributed by atoms with Gasteiger partial charge in [-0.1, -0.05) is 71.8 Å². The topological polar surface area (TPSA) is 52.6 Å². The number of aryl methyl sites for hydroxylation is 2. The number of carbonyl (C=O) groups excluding carboxylic acids is 2.